The third-order valence-corrected chi connectivity index (χ3v) is 2.31. The van der Waals surface area contributed by atoms with Crippen molar-refractivity contribution in [1.82, 2.24) is 5.32 Å². The number of benzene rings is 1. The van der Waals surface area contributed by atoms with Crippen LogP contribution in [0, 0.1) is 0 Å². The third kappa shape index (κ3) is 9.38. The number of hydrogen-bond acceptors (Lipinski definition) is 2. The molecule has 0 aromatic heterocycles. The van der Waals surface area contributed by atoms with Crippen LogP contribution in [0.1, 0.15) is 18.9 Å². The number of ether oxygens (including phenoxy) is 1. The summed E-state index contributed by atoms with van der Waals surface area (Å²) >= 11 is 0. The zero-order valence-electron chi connectivity index (χ0n) is 11.6. The summed E-state index contributed by atoms with van der Waals surface area (Å²) in [6, 6.07) is 6.27. The van der Waals surface area contributed by atoms with Gasteiger partial charge in [-0.25, -0.2) is 4.99 Å². The fourth-order valence-corrected chi connectivity index (χ4v) is 1.34. The van der Waals surface area contributed by atoms with Crippen molar-refractivity contribution < 1.29 is 17.9 Å². The molecule has 0 amide bonds. The van der Waals surface area contributed by atoms with Crippen LogP contribution in [0.3, 0.4) is 0 Å². The Bertz CT molecular complexity index is 435. The number of halogens is 4. The molecule has 0 saturated carbocycles. The first-order chi connectivity index (χ1) is 9.40. The molecular formula is C13H19F3IN3O. The minimum atomic E-state index is -4.33. The lowest BCUT2D eigenvalue weighted by molar-refractivity contribution is -0.153. The van der Waals surface area contributed by atoms with Crippen LogP contribution < -0.4 is 15.8 Å². The standard InChI is InChI=1S/C13H18F3N3O.HI/c1-2-7-18-12(17)19-8-10-3-5-11(6-4-10)20-9-13(14,15)16;/h3-6H,2,7-9H2,1H3,(H3,17,18,19);1H. The van der Waals surface area contributed by atoms with Gasteiger partial charge in [-0.2, -0.15) is 13.2 Å². The van der Waals surface area contributed by atoms with Crippen LogP contribution in [0.25, 0.3) is 0 Å². The van der Waals surface area contributed by atoms with Gasteiger partial charge in [0.25, 0.3) is 0 Å². The largest absolute Gasteiger partial charge is 0.484 e. The number of nitrogens with one attached hydrogen (secondary N) is 1. The summed E-state index contributed by atoms with van der Waals surface area (Å²) in [5.74, 6) is 0.524. The molecule has 3 N–H and O–H groups in total. The SMILES string of the molecule is CCCNC(N)=NCc1ccc(OCC(F)(F)F)cc1.I. The predicted octanol–water partition coefficient (Wildman–Crippen LogP) is 3.06. The van der Waals surface area contributed by atoms with Crippen molar-refractivity contribution in [2.45, 2.75) is 26.1 Å². The van der Waals surface area contributed by atoms with E-state index < -0.39 is 12.8 Å². The summed E-state index contributed by atoms with van der Waals surface area (Å²) in [4.78, 5) is 4.11. The number of alkyl halides is 3. The molecule has 0 unspecified atom stereocenters. The fraction of sp³-hybridized carbons (Fsp3) is 0.462. The van der Waals surface area contributed by atoms with E-state index >= 15 is 0 Å². The second-order valence-electron chi connectivity index (χ2n) is 4.18. The van der Waals surface area contributed by atoms with E-state index in [0.717, 1.165) is 18.5 Å². The first-order valence-corrected chi connectivity index (χ1v) is 6.23. The molecule has 0 fully saturated rings. The molecule has 120 valence electrons. The Balaban J connectivity index is 0.00000400. The van der Waals surface area contributed by atoms with Crippen molar-refractivity contribution in [3.05, 3.63) is 29.8 Å². The van der Waals surface area contributed by atoms with Gasteiger partial charge in [-0.15, -0.1) is 24.0 Å². The molecule has 0 aliphatic carbocycles. The molecule has 0 saturated heterocycles. The lowest BCUT2D eigenvalue weighted by Crippen LogP contribution is -2.32. The zero-order chi connectivity index (χ0) is 15.0. The topological polar surface area (TPSA) is 59.6 Å². The van der Waals surface area contributed by atoms with E-state index in [1.165, 1.54) is 12.1 Å². The van der Waals surface area contributed by atoms with Crippen LogP contribution in [0.4, 0.5) is 13.2 Å². The van der Waals surface area contributed by atoms with Crippen LogP contribution in [-0.4, -0.2) is 25.3 Å². The number of nitrogens with zero attached hydrogens (tertiary/aromatic N) is 1. The molecule has 0 atom stereocenters. The van der Waals surface area contributed by atoms with E-state index in [2.05, 4.69) is 15.0 Å². The molecule has 8 heteroatoms. The summed E-state index contributed by atoms with van der Waals surface area (Å²) < 4.78 is 40.5. The molecule has 1 aromatic carbocycles. The van der Waals surface area contributed by atoms with Crippen molar-refractivity contribution >= 4 is 29.9 Å². The molecule has 0 radical (unpaired) electrons. The number of rotatable bonds is 6. The summed E-state index contributed by atoms with van der Waals surface area (Å²) in [5, 5.41) is 2.93. The van der Waals surface area contributed by atoms with Crippen molar-refractivity contribution in [3.8, 4) is 5.75 Å². The molecule has 0 heterocycles. The normalized spacial score (nSPS) is 11.7. The maximum atomic E-state index is 12.0. The minimum absolute atomic E-state index is 0. The minimum Gasteiger partial charge on any atom is -0.484 e. The maximum Gasteiger partial charge on any atom is 0.422 e. The Labute approximate surface area is 139 Å². The highest BCUT2D eigenvalue weighted by Gasteiger charge is 2.28. The van der Waals surface area contributed by atoms with E-state index in [1.807, 2.05) is 6.92 Å². The van der Waals surface area contributed by atoms with Gasteiger partial charge in [-0.3, -0.25) is 0 Å². The average molecular weight is 417 g/mol. The highest BCUT2D eigenvalue weighted by Crippen LogP contribution is 2.18. The Kier molecular flexibility index (Phi) is 9.14. The van der Waals surface area contributed by atoms with Gasteiger partial charge in [0.05, 0.1) is 6.54 Å². The second-order valence-corrected chi connectivity index (χ2v) is 4.18. The first-order valence-electron chi connectivity index (χ1n) is 6.23. The average Bonchev–Trinajstić information content (AvgIpc) is 2.41. The van der Waals surface area contributed by atoms with Gasteiger partial charge in [0.15, 0.2) is 12.6 Å². The summed E-state index contributed by atoms with van der Waals surface area (Å²) in [5.41, 5.74) is 6.46. The van der Waals surface area contributed by atoms with Gasteiger partial charge in [-0.05, 0) is 24.1 Å². The lowest BCUT2D eigenvalue weighted by Gasteiger charge is -2.09. The summed E-state index contributed by atoms with van der Waals surface area (Å²) in [6.07, 6.45) is -3.39. The monoisotopic (exact) mass is 417 g/mol. The highest BCUT2D eigenvalue weighted by molar-refractivity contribution is 14.0. The van der Waals surface area contributed by atoms with E-state index in [0.29, 0.717) is 12.5 Å². The molecule has 21 heavy (non-hydrogen) atoms. The Morgan fingerprint density at radius 2 is 1.90 bits per heavy atom. The predicted molar refractivity (Wildman–Crippen MR) is 87.0 cm³/mol. The number of aliphatic imine (C=N–C) groups is 1. The smallest absolute Gasteiger partial charge is 0.422 e. The van der Waals surface area contributed by atoms with Crippen LogP contribution in [0.15, 0.2) is 29.3 Å². The van der Waals surface area contributed by atoms with Crippen molar-refractivity contribution in [3.63, 3.8) is 0 Å². The molecule has 0 aliphatic rings. The van der Waals surface area contributed by atoms with Gasteiger partial charge in [-0.1, -0.05) is 19.1 Å². The second kappa shape index (κ2) is 9.69. The quantitative estimate of drug-likeness (QED) is 0.425. The Morgan fingerprint density at radius 3 is 2.43 bits per heavy atom. The van der Waals surface area contributed by atoms with Gasteiger partial charge in [0, 0.05) is 6.54 Å². The van der Waals surface area contributed by atoms with Crippen LogP contribution in [0.2, 0.25) is 0 Å². The number of guanidine groups is 1. The third-order valence-electron chi connectivity index (χ3n) is 2.31. The highest BCUT2D eigenvalue weighted by atomic mass is 127. The molecule has 0 aliphatic heterocycles. The maximum absolute atomic E-state index is 12.0. The van der Waals surface area contributed by atoms with E-state index in [9.17, 15) is 13.2 Å². The molecule has 0 bridgehead atoms. The van der Waals surface area contributed by atoms with Gasteiger partial charge in [0.2, 0.25) is 0 Å². The first kappa shape index (κ1) is 19.8. The van der Waals surface area contributed by atoms with E-state index in [4.69, 9.17) is 5.73 Å². The molecule has 1 aromatic rings. The van der Waals surface area contributed by atoms with Crippen molar-refractivity contribution in [2.75, 3.05) is 13.2 Å². The Morgan fingerprint density at radius 1 is 1.29 bits per heavy atom. The molecule has 4 nitrogen and oxygen atoms in total. The number of hydrogen-bond donors (Lipinski definition) is 2. The van der Waals surface area contributed by atoms with E-state index in [1.54, 1.807) is 12.1 Å². The summed E-state index contributed by atoms with van der Waals surface area (Å²) in [6.45, 7) is 1.83. The fourth-order valence-electron chi connectivity index (χ4n) is 1.34. The van der Waals surface area contributed by atoms with E-state index in [-0.39, 0.29) is 29.7 Å². The zero-order valence-corrected chi connectivity index (χ0v) is 13.9. The van der Waals surface area contributed by atoms with Crippen molar-refractivity contribution in [2.24, 2.45) is 10.7 Å². The summed E-state index contributed by atoms with van der Waals surface area (Å²) in [7, 11) is 0. The van der Waals surface area contributed by atoms with Gasteiger partial charge in [0.1, 0.15) is 5.75 Å². The Hall–Kier alpha value is -1.19. The van der Waals surface area contributed by atoms with Crippen LogP contribution in [-0.2, 0) is 6.54 Å². The van der Waals surface area contributed by atoms with Crippen LogP contribution in [0.5, 0.6) is 5.75 Å². The van der Waals surface area contributed by atoms with Crippen molar-refractivity contribution in [1.29, 1.82) is 0 Å². The molecule has 0 spiro atoms. The van der Waals surface area contributed by atoms with Crippen LogP contribution >= 0.6 is 24.0 Å². The number of nitrogens with two attached hydrogens (primary N) is 1. The molecule has 1 rings (SSSR count). The van der Waals surface area contributed by atoms with Gasteiger partial charge >= 0.3 is 6.18 Å². The lowest BCUT2D eigenvalue weighted by atomic mass is 10.2. The molecular weight excluding hydrogens is 398 g/mol. The van der Waals surface area contributed by atoms with Gasteiger partial charge < -0.3 is 15.8 Å².